The molecule has 38 heavy (non-hydrogen) atoms. The number of hydrogen-bond donors (Lipinski definition) is 4. The SMILES string of the molecule is O=C(c1c2nc(c(C(=O)[C@@H]3CCCN3)c3ccc(cc4nc(cc5ccc1[nH]5)CC4)[nH]3)CC2)[C@@H]1CCCN1. The van der Waals surface area contributed by atoms with E-state index in [1.54, 1.807) is 0 Å². The smallest absolute Gasteiger partial charge is 0.183 e. The summed E-state index contributed by atoms with van der Waals surface area (Å²) in [6, 6.07) is 11.7. The van der Waals surface area contributed by atoms with Gasteiger partial charge in [-0.1, -0.05) is 0 Å². The van der Waals surface area contributed by atoms with Gasteiger partial charge in [0.05, 0.1) is 45.6 Å². The van der Waals surface area contributed by atoms with Gasteiger partial charge < -0.3 is 20.6 Å². The Morgan fingerprint density at radius 2 is 1.16 bits per heavy atom. The third kappa shape index (κ3) is 4.27. The van der Waals surface area contributed by atoms with Crippen LogP contribution in [0.5, 0.6) is 0 Å². The van der Waals surface area contributed by atoms with Crippen LogP contribution in [0, 0.1) is 0 Å². The highest BCUT2D eigenvalue weighted by atomic mass is 16.1. The van der Waals surface area contributed by atoms with Gasteiger partial charge in [0.2, 0.25) is 0 Å². The number of Topliss-reactive ketones (excluding diaryl/α,β-unsaturated/α-hetero) is 2. The molecule has 3 aromatic rings. The van der Waals surface area contributed by atoms with E-state index < -0.39 is 0 Å². The average molecular weight is 509 g/mol. The van der Waals surface area contributed by atoms with Gasteiger partial charge in [-0.15, -0.1) is 0 Å². The molecule has 0 unspecified atom stereocenters. The van der Waals surface area contributed by atoms with E-state index in [2.05, 4.69) is 32.7 Å². The van der Waals surface area contributed by atoms with Gasteiger partial charge >= 0.3 is 0 Å². The Labute approximate surface area is 220 Å². The van der Waals surface area contributed by atoms with Crippen LogP contribution in [0.2, 0.25) is 0 Å². The lowest BCUT2D eigenvalue weighted by Crippen LogP contribution is -2.31. The first-order valence-corrected chi connectivity index (χ1v) is 13.9. The molecule has 7 heterocycles. The average Bonchev–Trinajstić information content (AvgIpc) is 3.75. The molecule has 8 bridgehead atoms. The van der Waals surface area contributed by atoms with Gasteiger partial charge in [-0.25, -0.2) is 0 Å². The first kappa shape index (κ1) is 23.5. The number of aromatic nitrogens is 4. The van der Waals surface area contributed by atoms with Crippen LogP contribution in [-0.4, -0.2) is 56.7 Å². The number of carbonyl (C=O) groups excluding carboxylic acids is 2. The van der Waals surface area contributed by atoms with Crippen LogP contribution in [0.25, 0.3) is 22.1 Å². The number of aryl methyl sites for hydroxylation is 4. The molecule has 3 aromatic heterocycles. The predicted molar refractivity (Wildman–Crippen MR) is 147 cm³/mol. The van der Waals surface area contributed by atoms with Crippen LogP contribution in [0.3, 0.4) is 0 Å². The topological polar surface area (TPSA) is 116 Å². The highest BCUT2D eigenvalue weighted by Crippen LogP contribution is 2.27. The highest BCUT2D eigenvalue weighted by molar-refractivity contribution is 6.08. The lowest BCUT2D eigenvalue weighted by atomic mass is 9.98. The fourth-order valence-corrected chi connectivity index (χ4v) is 6.30. The number of rotatable bonds is 4. The third-order valence-corrected chi connectivity index (χ3v) is 8.22. The summed E-state index contributed by atoms with van der Waals surface area (Å²) in [6.45, 7) is 1.70. The number of carbonyl (C=O) groups is 2. The third-order valence-electron chi connectivity index (χ3n) is 8.22. The summed E-state index contributed by atoms with van der Waals surface area (Å²) in [4.78, 5) is 44.5. The van der Waals surface area contributed by atoms with Gasteiger partial charge in [-0.05, 0) is 101 Å². The van der Waals surface area contributed by atoms with Crippen molar-refractivity contribution in [3.63, 3.8) is 0 Å². The molecule has 0 saturated carbocycles. The standard InChI is InChI=1S/C30H32N6O2/c37-29(25-3-1-13-31-25)27-21-9-7-19(34-21)15-17-5-6-18(33-17)16-20-8-10-22(35-20)28(24-12-11-23(27)36-24)30(38)26-4-2-14-32-26/h7-10,15-16,25-26,31-32,34-35H,1-6,11-14H2/t25-,26-/m0/s1. The second-order valence-corrected chi connectivity index (χ2v) is 10.8. The normalized spacial score (nSPS) is 21.2. The zero-order chi connectivity index (χ0) is 25.6. The number of nitrogens with one attached hydrogen (secondary N) is 4. The van der Waals surface area contributed by atoms with Crippen molar-refractivity contribution >= 4 is 33.6 Å². The minimum absolute atomic E-state index is 0.0768. The molecule has 4 aliphatic heterocycles. The quantitative estimate of drug-likeness (QED) is 0.399. The van der Waals surface area contributed by atoms with E-state index in [1.165, 1.54) is 0 Å². The Morgan fingerprint density at radius 1 is 0.658 bits per heavy atom. The minimum Gasteiger partial charge on any atom is -0.355 e. The molecule has 4 N–H and O–H groups in total. The van der Waals surface area contributed by atoms with E-state index in [4.69, 9.17) is 9.97 Å². The zero-order valence-corrected chi connectivity index (χ0v) is 21.4. The molecule has 0 radical (unpaired) electrons. The molecule has 0 amide bonds. The van der Waals surface area contributed by atoms with Crippen molar-refractivity contribution in [2.45, 2.75) is 63.5 Å². The summed E-state index contributed by atoms with van der Waals surface area (Å²) >= 11 is 0. The van der Waals surface area contributed by atoms with E-state index in [0.717, 1.165) is 96.5 Å². The Kier molecular flexibility index (Phi) is 5.93. The minimum atomic E-state index is -0.205. The van der Waals surface area contributed by atoms with Crippen LogP contribution >= 0.6 is 0 Å². The number of ketones is 2. The fraction of sp³-hybridized carbons (Fsp3) is 0.400. The Morgan fingerprint density at radius 3 is 1.61 bits per heavy atom. The lowest BCUT2D eigenvalue weighted by Gasteiger charge is -2.10. The zero-order valence-electron chi connectivity index (χ0n) is 21.4. The maximum absolute atomic E-state index is 13.8. The van der Waals surface area contributed by atoms with Gasteiger partial charge in [0.1, 0.15) is 0 Å². The number of fused-ring (bicyclic) bond motifs is 8. The van der Waals surface area contributed by atoms with E-state index in [1.807, 2.05) is 24.3 Å². The molecular weight excluding hydrogens is 476 g/mol. The maximum Gasteiger partial charge on any atom is 0.183 e. The van der Waals surface area contributed by atoms with Crippen LogP contribution in [0.1, 0.15) is 69.2 Å². The first-order valence-electron chi connectivity index (χ1n) is 13.9. The van der Waals surface area contributed by atoms with Gasteiger partial charge in [-0.3, -0.25) is 19.6 Å². The van der Waals surface area contributed by atoms with Crippen molar-refractivity contribution in [1.29, 1.82) is 0 Å². The van der Waals surface area contributed by atoms with Crippen molar-refractivity contribution in [2.75, 3.05) is 13.1 Å². The van der Waals surface area contributed by atoms with E-state index in [9.17, 15) is 9.59 Å². The highest BCUT2D eigenvalue weighted by Gasteiger charge is 2.31. The molecule has 194 valence electrons. The van der Waals surface area contributed by atoms with Gasteiger partial charge in [0, 0.05) is 22.4 Å². The van der Waals surface area contributed by atoms with Crippen molar-refractivity contribution < 1.29 is 9.59 Å². The molecule has 2 fully saturated rings. The Balaban J connectivity index is 1.52. The van der Waals surface area contributed by atoms with Crippen molar-refractivity contribution in [2.24, 2.45) is 0 Å². The first-order chi connectivity index (χ1) is 18.6. The molecule has 4 aliphatic rings. The van der Waals surface area contributed by atoms with Gasteiger partial charge in [0.25, 0.3) is 0 Å². The van der Waals surface area contributed by atoms with Crippen LogP contribution in [0.15, 0.2) is 36.4 Å². The Hall–Kier alpha value is -3.62. The summed E-state index contributed by atoms with van der Waals surface area (Å²) in [5.41, 5.74) is 8.23. The maximum atomic E-state index is 13.8. The number of aromatic amines is 2. The van der Waals surface area contributed by atoms with Crippen molar-refractivity contribution in [3.05, 3.63) is 70.3 Å². The van der Waals surface area contributed by atoms with Gasteiger partial charge in [-0.2, -0.15) is 0 Å². The van der Waals surface area contributed by atoms with Crippen LogP contribution in [0.4, 0.5) is 0 Å². The summed E-state index contributed by atoms with van der Waals surface area (Å²) in [6.07, 6.45) is 6.61. The summed E-state index contributed by atoms with van der Waals surface area (Å²) in [7, 11) is 0. The lowest BCUT2D eigenvalue weighted by molar-refractivity contribution is 0.0945. The molecule has 0 aliphatic carbocycles. The summed E-state index contributed by atoms with van der Waals surface area (Å²) < 4.78 is 0. The number of nitrogens with zero attached hydrogens (tertiary/aromatic N) is 2. The molecule has 2 saturated heterocycles. The number of hydrogen-bond acceptors (Lipinski definition) is 6. The second-order valence-electron chi connectivity index (χ2n) is 10.8. The van der Waals surface area contributed by atoms with Gasteiger partial charge in [0.15, 0.2) is 11.6 Å². The van der Waals surface area contributed by atoms with E-state index >= 15 is 0 Å². The summed E-state index contributed by atoms with van der Waals surface area (Å²) in [5, 5.41) is 6.73. The fourth-order valence-electron chi connectivity index (χ4n) is 6.30. The molecule has 0 aromatic carbocycles. The molecular formula is C30H32N6O2. The van der Waals surface area contributed by atoms with E-state index in [0.29, 0.717) is 24.0 Å². The van der Waals surface area contributed by atoms with E-state index in [-0.39, 0.29) is 23.7 Å². The van der Waals surface area contributed by atoms with Crippen molar-refractivity contribution in [3.8, 4) is 0 Å². The molecule has 0 spiro atoms. The largest absolute Gasteiger partial charge is 0.355 e. The molecule has 8 nitrogen and oxygen atoms in total. The molecule has 8 heteroatoms. The summed E-state index contributed by atoms with van der Waals surface area (Å²) in [5.74, 6) is 0.154. The molecule has 7 rings (SSSR count). The molecule has 2 atom stereocenters. The monoisotopic (exact) mass is 508 g/mol. The van der Waals surface area contributed by atoms with Crippen LogP contribution in [-0.2, 0) is 25.7 Å². The number of H-pyrrole nitrogens is 2. The van der Waals surface area contributed by atoms with Crippen molar-refractivity contribution in [1.82, 2.24) is 30.6 Å². The predicted octanol–water partition coefficient (Wildman–Crippen LogP) is 3.75. The van der Waals surface area contributed by atoms with Crippen LogP contribution < -0.4 is 10.6 Å². The second kappa shape index (κ2) is 9.60. The Bertz CT molecular complexity index is 1470.